The lowest BCUT2D eigenvalue weighted by molar-refractivity contribution is 0.888. The quantitative estimate of drug-likeness (QED) is 0.527. The van der Waals surface area contributed by atoms with Crippen molar-refractivity contribution in [3.05, 3.63) is 35.7 Å². The van der Waals surface area contributed by atoms with Gasteiger partial charge in [0.1, 0.15) is 10.8 Å². The summed E-state index contributed by atoms with van der Waals surface area (Å²) in [4.78, 5) is 12.9. The minimum absolute atomic E-state index is 0.0415. The Kier molecular flexibility index (Phi) is 4.82. The van der Waals surface area contributed by atoms with E-state index in [2.05, 4.69) is 21.0 Å². The molecule has 0 spiro atoms. The molecule has 1 unspecified atom stereocenters. The van der Waals surface area contributed by atoms with E-state index in [1.165, 1.54) is 23.5 Å². The molecule has 1 atom stereocenters. The molecule has 0 saturated heterocycles. The van der Waals surface area contributed by atoms with Crippen LogP contribution in [-0.4, -0.2) is 21.2 Å². The van der Waals surface area contributed by atoms with E-state index in [9.17, 15) is 0 Å². The van der Waals surface area contributed by atoms with Gasteiger partial charge in [0, 0.05) is 12.3 Å². The molecule has 2 rings (SSSR count). The van der Waals surface area contributed by atoms with Gasteiger partial charge in [-0.3, -0.25) is 4.98 Å². The first kappa shape index (κ1) is 14.6. The lowest BCUT2D eigenvalue weighted by Crippen LogP contribution is -1.99. The Balaban J connectivity index is 2.20. The molecule has 0 saturated carbocycles. The van der Waals surface area contributed by atoms with E-state index in [-0.39, 0.29) is 5.25 Å². The molecule has 0 aliphatic carbocycles. The van der Waals surface area contributed by atoms with Gasteiger partial charge in [-0.05, 0) is 25.3 Å². The van der Waals surface area contributed by atoms with Crippen molar-refractivity contribution in [1.82, 2.24) is 15.0 Å². The van der Waals surface area contributed by atoms with E-state index in [0.717, 1.165) is 10.7 Å². The molecule has 0 aromatic carbocycles. The van der Waals surface area contributed by atoms with Crippen LogP contribution in [0.5, 0.6) is 0 Å². The summed E-state index contributed by atoms with van der Waals surface area (Å²) in [7, 11) is 0. The zero-order chi connectivity index (χ0) is 14.5. The lowest BCUT2D eigenvalue weighted by Gasteiger charge is -2.10. The molecule has 0 aliphatic heterocycles. The average molecular weight is 303 g/mol. The summed E-state index contributed by atoms with van der Waals surface area (Å²) in [5, 5.41) is 10.4. The van der Waals surface area contributed by atoms with Crippen LogP contribution in [0.15, 0.2) is 34.6 Å². The summed E-state index contributed by atoms with van der Waals surface area (Å²) >= 11 is 3.00. The van der Waals surface area contributed by atoms with Crippen molar-refractivity contribution in [2.75, 3.05) is 12.0 Å². The maximum Gasteiger partial charge on any atom is 0.191 e. The molecule has 0 aliphatic rings. The Labute approximate surface area is 126 Å². The van der Waals surface area contributed by atoms with Gasteiger partial charge in [0.25, 0.3) is 0 Å². The van der Waals surface area contributed by atoms with Crippen molar-refractivity contribution < 1.29 is 0 Å². The van der Waals surface area contributed by atoms with E-state index in [1.54, 1.807) is 24.4 Å². The van der Waals surface area contributed by atoms with Crippen LogP contribution in [0, 0.1) is 11.3 Å². The number of nitrogens with two attached hydrogens (primary N) is 1. The number of nitrogens with zero attached hydrogens (tertiary/aromatic N) is 4. The molecule has 0 amide bonds. The molecule has 5 nitrogen and oxygen atoms in total. The van der Waals surface area contributed by atoms with Gasteiger partial charge in [-0.25, -0.2) is 9.97 Å². The highest BCUT2D eigenvalue weighted by Crippen LogP contribution is 2.33. The topological polar surface area (TPSA) is 88.5 Å². The number of hydrogen-bond acceptors (Lipinski definition) is 7. The fourth-order valence-corrected chi connectivity index (χ4v) is 2.89. The standard InChI is InChI=1S/C13H13N5S2/c1-8(10-5-9(7-14)3-4-16-10)20-13-17-11(15)6-12(18-13)19-2/h3-6,8H,1-2H3,(H2,15,17,18). The highest BCUT2D eigenvalue weighted by molar-refractivity contribution is 7.99. The molecule has 2 aromatic heterocycles. The third-order valence-electron chi connectivity index (χ3n) is 2.52. The van der Waals surface area contributed by atoms with Crippen molar-refractivity contribution in [2.45, 2.75) is 22.4 Å². The fraction of sp³-hybridized carbons (Fsp3) is 0.231. The number of nitriles is 1. The molecule has 0 fully saturated rings. The zero-order valence-electron chi connectivity index (χ0n) is 11.1. The normalized spacial score (nSPS) is 11.8. The van der Waals surface area contributed by atoms with Crippen LogP contribution < -0.4 is 5.73 Å². The molecule has 0 radical (unpaired) electrons. The predicted molar refractivity (Wildman–Crippen MR) is 81.4 cm³/mol. The first-order valence-corrected chi connectivity index (χ1v) is 7.94. The zero-order valence-corrected chi connectivity index (χ0v) is 12.7. The Bertz CT molecular complexity index is 653. The predicted octanol–water partition coefficient (Wildman–Crippen LogP) is 2.90. The van der Waals surface area contributed by atoms with Crippen LogP contribution in [0.3, 0.4) is 0 Å². The first-order valence-electron chi connectivity index (χ1n) is 5.83. The SMILES string of the molecule is CSc1cc(N)nc(SC(C)c2cc(C#N)ccn2)n1. The number of aromatic nitrogens is 3. The number of pyridine rings is 1. The summed E-state index contributed by atoms with van der Waals surface area (Å²) in [6.07, 6.45) is 3.58. The minimum atomic E-state index is 0.0415. The number of rotatable bonds is 4. The van der Waals surface area contributed by atoms with E-state index in [4.69, 9.17) is 11.0 Å². The summed E-state index contributed by atoms with van der Waals surface area (Å²) in [5.41, 5.74) is 7.18. The molecule has 2 N–H and O–H groups in total. The lowest BCUT2D eigenvalue weighted by atomic mass is 10.2. The maximum absolute atomic E-state index is 8.91. The molecule has 7 heteroatoms. The van der Waals surface area contributed by atoms with Crippen LogP contribution in [0.4, 0.5) is 5.82 Å². The third kappa shape index (κ3) is 3.62. The van der Waals surface area contributed by atoms with Gasteiger partial charge in [-0.15, -0.1) is 11.8 Å². The Morgan fingerprint density at radius 2 is 2.15 bits per heavy atom. The largest absolute Gasteiger partial charge is 0.384 e. The second-order valence-corrected chi connectivity index (χ2v) is 6.09. The minimum Gasteiger partial charge on any atom is -0.384 e. The summed E-state index contributed by atoms with van der Waals surface area (Å²) < 4.78 is 0. The Hall–Kier alpha value is -1.78. The van der Waals surface area contributed by atoms with Gasteiger partial charge in [0.15, 0.2) is 5.16 Å². The Morgan fingerprint density at radius 1 is 1.35 bits per heavy atom. The van der Waals surface area contributed by atoms with Gasteiger partial charge in [0.05, 0.1) is 22.6 Å². The van der Waals surface area contributed by atoms with Crippen LogP contribution in [0.2, 0.25) is 0 Å². The van der Waals surface area contributed by atoms with Crippen molar-refractivity contribution in [1.29, 1.82) is 5.26 Å². The second kappa shape index (κ2) is 6.59. The van der Waals surface area contributed by atoms with Crippen LogP contribution >= 0.6 is 23.5 Å². The van der Waals surface area contributed by atoms with Gasteiger partial charge >= 0.3 is 0 Å². The molecule has 2 heterocycles. The third-order valence-corrected chi connectivity index (χ3v) is 4.14. The summed E-state index contributed by atoms with van der Waals surface area (Å²) in [5.74, 6) is 0.456. The highest BCUT2D eigenvalue weighted by atomic mass is 32.2. The monoisotopic (exact) mass is 303 g/mol. The first-order chi connectivity index (χ1) is 9.62. The molecule has 2 aromatic rings. The van der Waals surface area contributed by atoms with Crippen LogP contribution in [0.1, 0.15) is 23.4 Å². The summed E-state index contributed by atoms with van der Waals surface area (Å²) in [6, 6.07) is 7.32. The number of hydrogen-bond donors (Lipinski definition) is 1. The number of anilines is 1. The van der Waals surface area contributed by atoms with Gasteiger partial charge in [-0.1, -0.05) is 11.8 Å². The maximum atomic E-state index is 8.91. The molecular formula is C13H13N5S2. The smallest absolute Gasteiger partial charge is 0.191 e. The van der Waals surface area contributed by atoms with E-state index in [1.807, 2.05) is 13.2 Å². The number of nitrogen functional groups attached to an aromatic ring is 1. The molecule has 20 heavy (non-hydrogen) atoms. The highest BCUT2D eigenvalue weighted by Gasteiger charge is 2.12. The number of thioether (sulfide) groups is 2. The van der Waals surface area contributed by atoms with Crippen LogP contribution in [-0.2, 0) is 0 Å². The van der Waals surface area contributed by atoms with Crippen LogP contribution in [0.25, 0.3) is 0 Å². The van der Waals surface area contributed by atoms with Gasteiger partial charge in [-0.2, -0.15) is 5.26 Å². The fourth-order valence-electron chi connectivity index (χ4n) is 1.54. The molecule has 0 bridgehead atoms. The molecule has 102 valence electrons. The summed E-state index contributed by atoms with van der Waals surface area (Å²) in [6.45, 7) is 2.00. The van der Waals surface area contributed by atoms with E-state index < -0.39 is 0 Å². The van der Waals surface area contributed by atoms with Crippen molar-refractivity contribution in [2.24, 2.45) is 0 Å². The second-order valence-electron chi connectivity index (χ2n) is 3.96. The van der Waals surface area contributed by atoms with Crippen molar-refractivity contribution in [3.8, 4) is 6.07 Å². The molecular weight excluding hydrogens is 290 g/mol. The average Bonchev–Trinajstić information content (AvgIpc) is 2.46. The Morgan fingerprint density at radius 3 is 2.85 bits per heavy atom. The van der Waals surface area contributed by atoms with Crippen molar-refractivity contribution in [3.63, 3.8) is 0 Å². The van der Waals surface area contributed by atoms with Gasteiger partial charge < -0.3 is 5.73 Å². The van der Waals surface area contributed by atoms with E-state index >= 15 is 0 Å². The van der Waals surface area contributed by atoms with Gasteiger partial charge in [0.2, 0.25) is 0 Å². The van der Waals surface area contributed by atoms with E-state index in [0.29, 0.717) is 16.5 Å². The van der Waals surface area contributed by atoms with Crippen molar-refractivity contribution >= 4 is 29.3 Å².